The predicted molar refractivity (Wildman–Crippen MR) is 111 cm³/mol. The van der Waals surface area contributed by atoms with Gasteiger partial charge in [0, 0.05) is 15.6 Å². The highest BCUT2D eigenvalue weighted by Crippen LogP contribution is 2.51. The molecule has 3 amide bonds. The molecule has 0 saturated carbocycles. The normalized spacial score (nSPS) is 22.1. The smallest absolute Gasteiger partial charge is 0.320 e. The second-order valence-electron chi connectivity index (χ2n) is 7.41. The molecule has 0 aliphatic carbocycles. The van der Waals surface area contributed by atoms with Gasteiger partial charge in [0.25, 0.3) is 0 Å². The van der Waals surface area contributed by atoms with Gasteiger partial charge >= 0.3 is 5.97 Å². The number of hydrogen-bond donors (Lipinski definition) is 1. The molecule has 0 radical (unpaired) electrons. The minimum atomic E-state index is -2.09. The standard InChI is InChI=1S/C22H18BrFN2O5/c1-3-31-19(28)16-18(27)25-20(29)22(16)14-6-4-5-11(2)17(14)26(21(22)30)10-12-7-8-13(23)9-15(12)24/h4-9,16H,3,10H2,1-2H3,(H,25,27,29). The number of aryl methyl sites for hydroxylation is 1. The average Bonchev–Trinajstić information content (AvgIpc) is 3.11. The molecule has 0 aromatic heterocycles. The number of anilines is 1. The van der Waals surface area contributed by atoms with Gasteiger partial charge in [0.2, 0.25) is 17.7 Å². The van der Waals surface area contributed by atoms with E-state index in [1.807, 2.05) is 0 Å². The summed E-state index contributed by atoms with van der Waals surface area (Å²) in [6.07, 6.45) is 0. The molecular weight excluding hydrogens is 471 g/mol. The van der Waals surface area contributed by atoms with E-state index in [9.17, 15) is 23.6 Å². The zero-order chi connectivity index (χ0) is 22.5. The van der Waals surface area contributed by atoms with Gasteiger partial charge in [-0.3, -0.25) is 24.5 Å². The Labute approximate surface area is 185 Å². The van der Waals surface area contributed by atoms with Crippen LogP contribution in [0, 0.1) is 18.7 Å². The maximum Gasteiger partial charge on any atom is 0.320 e. The monoisotopic (exact) mass is 488 g/mol. The van der Waals surface area contributed by atoms with Crippen molar-refractivity contribution in [1.29, 1.82) is 0 Å². The molecule has 2 aromatic carbocycles. The number of ether oxygens (including phenoxy) is 1. The Morgan fingerprint density at radius 3 is 2.68 bits per heavy atom. The van der Waals surface area contributed by atoms with E-state index < -0.39 is 40.8 Å². The number of nitrogens with one attached hydrogen (secondary N) is 1. The van der Waals surface area contributed by atoms with E-state index in [0.717, 1.165) is 0 Å². The van der Waals surface area contributed by atoms with Crippen LogP contribution < -0.4 is 10.2 Å². The highest BCUT2D eigenvalue weighted by atomic mass is 79.9. The Bertz CT molecular complexity index is 1150. The van der Waals surface area contributed by atoms with E-state index in [4.69, 9.17) is 4.74 Å². The van der Waals surface area contributed by atoms with E-state index in [0.29, 0.717) is 15.7 Å². The van der Waals surface area contributed by atoms with Crippen LogP contribution in [-0.4, -0.2) is 30.3 Å². The summed E-state index contributed by atoms with van der Waals surface area (Å²) in [5.74, 6) is -5.68. The first-order valence-electron chi connectivity index (χ1n) is 9.61. The minimum absolute atomic E-state index is 0.0183. The van der Waals surface area contributed by atoms with Crippen LogP contribution in [0.25, 0.3) is 0 Å². The quantitative estimate of drug-likeness (QED) is 0.405. The number of imide groups is 1. The van der Waals surface area contributed by atoms with Crippen LogP contribution in [0.15, 0.2) is 40.9 Å². The van der Waals surface area contributed by atoms with Crippen LogP contribution in [0.2, 0.25) is 0 Å². The molecule has 1 spiro atoms. The van der Waals surface area contributed by atoms with E-state index in [-0.39, 0.29) is 24.3 Å². The lowest BCUT2D eigenvalue weighted by molar-refractivity contribution is -0.156. The molecule has 1 fully saturated rings. The summed E-state index contributed by atoms with van der Waals surface area (Å²) >= 11 is 3.20. The summed E-state index contributed by atoms with van der Waals surface area (Å²) < 4.78 is 20.1. The number of carbonyl (C=O) groups is 4. The molecule has 2 aliphatic heterocycles. The first kappa shape index (κ1) is 21.2. The van der Waals surface area contributed by atoms with Gasteiger partial charge in [-0.1, -0.05) is 40.2 Å². The molecule has 2 aliphatic rings. The molecular formula is C22H18BrFN2O5. The molecule has 2 aromatic rings. The van der Waals surface area contributed by atoms with Gasteiger partial charge in [-0.15, -0.1) is 0 Å². The number of esters is 1. The van der Waals surface area contributed by atoms with Gasteiger partial charge in [-0.2, -0.15) is 0 Å². The third-order valence-corrected chi connectivity index (χ3v) is 6.16. The van der Waals surface area contributed by atoms with Crippen molar-refractivity contribution < 1.29 is 28.3 Å². The number of benzene rings is 2. The Morgan fingerprint density at radius 1 is 1.26 bits per heavy atom. The first-order valence-corrected chi connectivity index (χ1v) is 10.4. The van der Waals surface area contributed by atoms with Crippen LogP contribution in [0.3, 0.4) is 0 Å². The van der Waals surface area contributed by atoms with Gasteiger partial charge < -0.3 is 9.64 Å². The predicted octanol–water partition coefficient (Wildman–Crippen LogP) is 2.52. The van der Waals surface area contributed by atoms with Crippen molar-refractivity contribution >= 4 is 45.3 Å². The second-order valence-corrected chi connectivity index (χ2v) is 8.33. The van der Waals surface area contributed by atoms with E-state index in [1.165, 1.54) is 17.0 Å². The lowest BCUT2D eigenvalue weighted by Gasteiger charge is -2.25. The van der Waals surface area contributed by atoms with Crippen LogP contribution in [-0.2, 0) is 35.9 Å². The number of carbonyl (C=O) groups excluding carboxylic acids is 4. The van der Waals surface area contributed by atoms with Crippen molar-refractivity contribution in [3.8, 4) is 0 Å². The number of hydrogen-bond acceptors (Lipinski definition) is 5. The van der Waals surface area contributed by atoms with Crippen molar-refractivity contribution in [2.75, 3.05) is 11.5 Å². The third-order valence-electron chi connectivity index (χ3n) is 5.67. The molecule has 4 rings (SSSR count). The molecule has 7 nitrogen and oxygen atoms in total. The molecule has 2 unspecified atom stereocenters. The zero-order valence-electron chi connectivity index (χ0n) is 16.7. The molecule has 1 N–H and O–H groups in total. The van der Waals surface area contributed by atoms with Crippen molar-refractivity contribution in [3.63, 3.8) is 0 Å². The second kappa shape index (κ2) is 7.56. The molecule has 160 valence electrons. The number of nitrogens with zero attached hydrogens (tertiary/aromatic N) is 1. The lowest BCUT2D eigenvalue weighted by atomic mass is 9.72. The number of halogens is 2. The zero-order valence-corrected chi connectivity index (χ0v) is 18.3. The number of fused-ring (bicyclic) bond motifs is 2. The molecule has 31 heavy (non-hydrogen) atoms. The van der Waals surface area contributed by atoms with E-state index >= 15 is 0 Å². The van der Waals surface area contributed by atoms with Gasteiger partial charge in [0.1, 0.15) is 5.82 Å². The van der Waals surface area contributed by atoms with E-state index in [1.54, 1.807) is 38.1 Å². The topological polar surface area (TPSA) is 92.8 Å². The SMILES string of the molecule is CCOC(=O)C1C(=O)NC(=O)C12C(=O)N(Cc1ccc(Br)cc1F)c1c(C)cccc12. The van der Waals surface area contributed by atoms with Gasteiger partial charge in [0.05, 0.1) is 18.8 Å². The maximum atomic E-state index is 14.5. The van der Waals surface area contributed by atoms with Crippen molar-refractivity contribution in [2.45, 2.75) is 25.8 Å². The van der Waals surface area contributed by atoms with Gasteiger partial charge in [0.15, 0.2) is 11.3 Å². The minimum Gasteiger partial charge on any atom is -0.465 e. The molecule has 1 saturated heterocycles. The van der Waals surface area contributed by atoms with Crippen molar-refractivity contribution in [2.24, 2.45) is 5.92 Å². The highest BCUT2D eigenvalue weighted by molar-refractivity contribution is 9.10. The average molecular weight is 489 g/mol. The van der Waals surface area contributed by atoms with Gasteiger partial charge in [-0.25, -0.2) is 4.39 Å². The fraction of sp³-hybridized carbons (Fsp3) is 0.273. The molecule has 2 heterocycles. The van der Waals surface area contributed by atoms with Gasteiger partial charge in [-0.05, 0) is 31.5 Å². The summed E-state index contributed by atoms with van der Waals surface area (Å²) in [5.41, 5.74) is -0.600. The molecule has 0 bridgehead atoms. The third kappa shape index (κ3) is 2.98. The lowest BCUT2D eigenvalue weighted by Crippen LogP contribution is -2.51. The van der Waals surface area contributed by atoms with Crippen LogP contribution in [0.5, 0.6) is 0 Å². The molecule has 9 heteroatoms. The molecule has 2 atom stereocenters. The van der Waals surface area contributed by atoms with Crippen LogP contribution >= 0.6 is 15.9 Å². The van der Waals surface area contributed by atoms with Crippen LogP contribution in [0.4, 0.5) is 10.1 Å². The first-order chi connectivity index (χ1) is 14.7. The Kier molecular flexibility index (Phi) is 5.17. The van der Waals surface area contributed by atoms with E-state index in [2.05, 4.69) is 21.2 Å². The largest absolute Gasteiger partial charge is 0.465 e. The highest BCUT2D eigenvalue weighted by Gasteiger charge is 2.70. The number of para-hydroxylation sites is 1. The van der Waals surface area contributed by atoms with Crippen molar-refractivity contribution in [3.05, 3.63) is 63.4 Å². The number of rotatable bonds is 4. The summed E-state index contributed by atoms with van der Waals surface area (Å²) in [4.78, 5) is 53.4. The van der Waals surface area contributed by atoms with Crippen molar-refractivity contribution in [1.82, 2.24) is 5.32 Å². The summed E-state index contributed by atoms with van der Waals surface area (Å²) in [6, 6.07) is 9.37. The summed E-state index contributed by atoms with van der Waals surface area (Å²) in [5, 5.41) is 2.13. The fourth-order valence-corrected chi connectivity index (χ4v) is 4.69. The Hall–Kier alpha value is -3.07. The Morgan fingerprint density at radius 2 is 2.00 bits per heavy atom. The Balaban J connectivity index is 1.91. The summed E-state index contributed by atoms with van der Waals surface area (Å²) in [6.45, 7) is 3.12. The van der Waals surface area contributed by atoms with Crippen LogP contribution in [0.1, 0.15) is 23.6 Å². The number of amides is 3. The fourth-order valence-electron chi connectivity index (χ4n) is 4.35. The summed E-state index contributed by atoms with van der Waals surface area (Å²) in [7, 11) is 0. The maximum absolute atomic E-state index is 14.5.